The van der Waals surface area contributed by atoms with E-state index in [-0.39, 0.29) is 12.0 Å². The van der Waals surface area contributed by atoms with Gasteiger partial charge in [0.2, 0.25) is 5.91 Å². The van der Waals surface area contributed by atoms with Crippen molar-refractivity contribution < 1.29 is 9.32 Å². The fourth-order valence-electron chi connectivity index (χ4n) is 3.38. The molecule has 0 spiro atoms. The first-order chi connectivity index (χ1) is 10.2. The lowest BCUT2D eigenvalue weighted by atomic mass is 9.85. The number of carbonyl (C=O) groups is 1. The Morgan fingerprint density at radius 1 is 1.33 bits per heavy atom. The van der Waals surface area contributed by atoms with E-state index in [1.807, 2.05) is 11.0 Å². The van der Waals surface area contributed by atoms with Crippen LogP contribution in [0.4, 0.5) is 0 Å². The molecule has 6 nitrogen and oxygen atoms in total. The maximum absolute atomic E-state index is 12.5. The molecule has 1 aromatic heterocycles. The van der Waals surface area contributed by atoms with Crippen molar-refractivity contribution in [1.82, 2.24) is 15.0 Å². The van der Waals surface area contributed by atoms with Gasteiger partial charge in [-0.1, -0.05) is 11.6 Å². The zero-order valence-corrected chi connectivity index (χ0v) is 12.4. The summed E-state index contributed by atoms with van der Waals surface area (Å²) in [5, 5.41) is 3.94. The van der Waals surface area contributed by atoms with Crippen LogP contribution in [-0.2, 0) is 11.3 Å². The molecule has 0 unspecified atom stereocenters. The molecule has 1 amide bonds. The van der Waals surface area contributed by atoms with Crippen LogP contribution in [0.1, 0.15) is 31.4 Å². The zero-order valence-electron chi connectivity index (χ0n) is 12.4. The van der Waals surface area contributed by atoms with Crippen molar-refractivity contribution in [3.05, 3.63) is 18.0 Å². The Labute approximate surface area is 125 Å². The van der Waals surface area contributed by atoms with Gasteiger partial charge in [0.05, 0.1) is 5.69 Å². The van der Waals surface area contributed by atoms with E-state index in [4.69, 9.17) is 10.3 Å². The number of amides is 1. The highest BCUT2D eigenvalue weighted by Gasteiger charge is 2.30. The van der Waals surface area contributed by atoms with Crippen molar-refractivity contribution >= 4 is 5.91 Å². The fourth-order valence-corrected chi connectivity index (χ4v) is 3.38. The summed E-state index contributed by atoms with van der Waals surface area (Å²) in [5.74, 6) is 0.460. The Hall–Kier alpha value is -1.40. The van der Waals surface area contributed by atoms with E-state index in [2.05, 4.69) is 10.1 Å². The third-order valence-corrected chi connectivity index (χ3v) is 4.62. The molecule has 0 aromatic carbocycles. The predicted molar refractivity (Wildman–Crippen MR) is 78.3 cm³/mol. The van der Waals surface area contributed by atoms with Crippen molar-refractivity contribution in [2.24, 2.45) is 11.7 Å². The minimum Gasteiger partial charge on any atom is -0.364 e. The molecule has 1 saturated carbocycles. The van der Waals surface area contributed by atoms with Crippen LogP contribution in [0.3, 0.4) is 0 Å². The van der Waals surface area contributed by atoms with E-state index in [0.717, 1.165) is 64.1 Å². The molecule has 2 aliphatic rings. The fraction of sp³-hybridized carbons (Fsp3) is 0.733. The van der Waals surface area contributed by atoms with Crippen LogP contribution in [0.25, 0.3) is 0 Å². The number of rotatable bonds is 3. The summed E-state index contributed by atoms with van der Waals surface area (Å²) in [4.78, 5) is 16.9. The van der Waals surface area contributed by atoms with E-state index >= 15 is 0 Å². The molecule has 6 heteroatoms. The molecular weight excluding hydrogens is 268 g/mol. The number of aromatic nitrogens is 1. The SMILES string of the molecule is N[C@H]1CCC[C@@H](C(=O)N2CCN(Cc3ccon3)CC2)C1. The third kappa shape index (κ3) is 3.63. The van der Waals surface area contributed by atoms with Gasteiger partial charge in [0.1, 0.15) is 6.26 Å². The summed E-state index contributed by atoms with van der Waals surface area (Å²) in [6.45, 7) is 4.21. The predicted octanol–water partition coefficient (Wildman–Crippen LogP) is 0.836. The Bertz CT molecular complexity index is 454. The first-order valence-electron chi connectivity index (χ1n) is 7.88. The molecule has 2 fully saturated rings. The topological polar surface area (TPSA) is 75.6 Å². The van der Waals surface area contributed by atoms with E-state index < -0.39 is 0 Å². The Morgan fingerprint density at radius 3 is 2.81 bits per heavy atom. The Balaban J connectivity index is 1.47. The highest BCUT2D eigenvalue weighted by atomic mass is 16.5. The van der Waals surface area contributed by atoms with E-state index in [9.17, 15) is 4.79 Å². The molecular formula is C15H24N4O2. The standard InChI is InChI=1S/C15H24N4O2/c16-13-3-1-2-12(10-13)15(20)19-7-5-18(6-8-19)11-14-4-9-21-17-14/h4,9,12-13H,1-3,5-8,10-11,16H2/t12-,13+/m1/s1. The van der Waals surface area contributed by atoms with Gasteiger partial charge in [-0.3, -0.25) is 9.69 Å². The summed E-state index contributed by atoms with van der Waals surface area (Å²) in [5.41, 5.74) is 6.95. The number of carbonyl (C=O) groups excluding carboxylic acids is 1. The number of nitrogens with zero attached hydrogens (tertiary/aromatic N) is 3. The summed E-state index contributed by atoms with van der Waals surface area (Å²) >= 11 is 0. The summed E-state index contributed by atoms with van der Waals surface area (Å²) in [6.07, 6.45) is 5.62. The van der Waals surface area contributed by atoms with Gasteiger partial charge < -0.3 is 15.2 Å². The lowest BCUT2D eigenvalue weighted by molar-refractivity contribution is -0.138. The van der Waals surface area contributed by atoms with Gasteiger partial charge in [-0.2, -0.15) is 0 Å². The molecule has 1 aliphatic carbocycles. The van der Waals surface area contributed by atoms with Gasteiger partial charge in [-0.05, 0) is 19.3 Å². The summed E-state index contributed by atoms with van der Waals surface area (Å²) in [7, 11) is 0. The largest absolute Gasteiger partial charge is 0.364 e. The molecule has 1 aromatic rings. The number of hydrogen-bond donors (Lipinski definition) is 1. The van der Waals surface area contributed by atoms with E-state index in [0.29, 0.717) is 5.91 Å². The minimum absolute atomic E-state index is 0.149. The molecule has 0 radical (unpaired) electrons. The molecule has 21 heavy (non-hydrogen) atoms. The van der Waals surface area contributed by atoms with Crippen molar-refractivity contribution in [1.29, 1.82) is 0 Å². The summed E-state index contributed by atoms with van der Waals surface area (Å²) in [6, 6.07) is 2.10. The second kappa shape index (κ2) is 6.58. The van der Waals surface area contributed by atoms with Crippen molar-refractivity contribution in [3.8, 4) is 0 Å². The van der Waals surface area contributed by atoms with Crippen molar-refractivity contribution in [3.63, 3.8) is 0 Å². The smallest absolute Gasteiger partial charge is 0.225 e. The molecule has 2 atom stereocenters. The summed E-state index contributed by atoms with van der Waals surface area (Å²) < 4.78 is 4.85. The van der Waals surface area contributed by atoms with E-state index in [1.54, 1.807) is 6.26 Å². The van der Waals surface area contributed by atoms with Gasteiger partial charge in [0, 0.05) is 50.7 Å². The van der Waals surface area contributed by atoms with Gasteiger partial charge in [-0.25, -0.2) is 0 Å². The first kappa shape index (κ1) is 14.5. The molecule has 1 aliphatic heterocycles. The van der Waals surface area contributed by atoms with Crippen molar-refractivity contribution in [2.45, 2.75) is 38.3 Å². The maximum atomic E-state index is 12.5. The van der Waals surface area contributed by atoms with Crippen LogP contribution in [0.15, 0.2) is 16.9 Å². The van der Waals surface area contributed by atoms with Crippen LogP contribution in [-0.4, -0.2) is 53.1 Å². The molecule has 3 rings (SSSR count). The minimum atomic E-state index is 0.149. The highest BCUT2D eigenvalue weighted by molar-refractivity contribution is 5.79. The average molecular weight is 292 g/mol. The normalized spacial score (nSPS) is 27.8. The van der Waals surface area contributed by atoms with E-state index in [1.165, 1.54) is 0 Å². The number of nitrogens with two attached hydrogens (primary N) is 1. The molecule has 1 saturated heterocycles. The maximum Gasteiger partial charge on any atom is 0.225 e. The van der Waals surface area contributed by atoms with Crippen LogP contribution in [0.2, 0.25) is 0 Å². The highest BCUT2D eigenvalue weighted by Crippen LogP contribution is 2.25. The number of piperazine rings is 1. The first-order valence-corrected chi connectivity index (χ1v) is 7.88. The van der Waals surface area contributed by atoms with Gasteiger partial charge in [0.15, 0.2) is 0 Å². The molecule has 2 N–H and O–H groups in total. The van der Waals surface area contributed by atoms with Crippen LogP contribution < -0.4 is 5.73 Å². The molecule has 116 valence electrons. The van der Waals surface area contributed by atoms with Gasteiger partial charge >= 0.3 is 0 Å². The molecule has 0 bridgehead atoms. The monoisotopic (exact) mass is 292 g/mol. The van der Waals surface area contributed by atoms with Crippen LogP contribution >= 0.6 is 0 Å². The van der Waals surface area contributed by atoms with Crippen molar-refractivity contribution in [2.75, 3.05) is 26.2 Å². The van der Waals surface area contributed by atoms with Gasteiger partial charge in [-0.15, -0.1) is 0 Å². The third-order valence-electron chi connectivity index (χ3n) is 4.62. The lowest BCUT2D eigenvalue weighted by Crippen LogP contribution is -2.51. The van der Waals surface area contributed by atoms with Crippen LogP contribution in [0, 0.1) is 5.92 Å². The average Bonchev–Trinajstić information content (AvgIpc) is 3.00. The zero-order chi connectivity index (χ0) is 14.7. The number of hydrogen-bond acceptors (Lipinski definition) is 5. The van der Waals surface area contributed by atoms with Gasteiger partial charge in [0.25, 0.3) is 0 Å². The quantitative estimate of drug-likeness (QED) is 0.893. The van der Waals surface area contributed by atoms with Crippen LogP contribution in [0.5, 0.6) is 0 Å². The Morgan fingerprint density at radius 2 is 2.14 bits per heavy atom. The molecule has 2 heterocycles. The second-order valence-corrected chi connectivity index (χ2v) is 6.22. The lowest BCUT2D eigenvalue weighted by Gasteiger charge is -2.37. The second-order valence-electron chi connectivity index (χ2n) is 6.22. The Kier molecular flexibility index (Phi) is 4.55.